The topological polar surface area (TPSA) is 67.4 Å². The van der Waals surface area contributed by atoms with Crippen molar-refractivity contribution in [3.8, 4) is 0 Å². The van der Waals surface area contributed by atoms with Crippen LogP contribution in [0.1, 0.15) is 24.2 Å². The van der Waals surface area contributed by atoms with Crippen molar-refractivity contribution < 1.29 is 27.5 Å². The van der Waals surface area contributed by atoms with Gasteiger partial charge in [-0.25, -0.2) is 13.2 Å². The molecule has 1 atom stereocenters. The minimum absolute atomic E-state index is 0.0321. The second-order valence-corrected chi connectivity index (χ2v) is 5.43. The van der Waals surface area contributed by atoms with Crippen LogP contribution in [0.3, 0.4) is 0 Å². The number of rotatable bonds is 9. The van der Waals surface area contributed by atoms with Crippen molar-refractivity contribution in [2.24, 2.45) is 5.92 Å². The zero-order chi connectivity index (χ0) is 18.1. The molecule has 5 nitrogen and oxygen atoms in total. The minimum Gasteiger partial charge on any atom is -0.374 e. The molecule has 0 spiro atoms. The van der Waals surface area contributed by atoms with Crippen LogP contribution in [0.5, 0.6) is 0 Å². The molecule has 0 radical (unpaired) electrons. The monoisotopic (exact) mass is 346 g/mol. The van der Waals surface area contributed by atoms with Crippen molar-refractivity contribution in [1.82, 2.24) is 10.6 Å². The molecule has 0 aliphatic carbocycles. The molecule has 0 saturated carbocycles. The third-order valence-electron chi connectivity index (χ3n) is 3.14. The predicted molar refractivity (Wildman–Crippen MR) is 82.3 cm³/mol. The zero-order valence-corrected chi connectivity index (χ0v) is 13.5. The summed E-state index contributed by atoms with van der Waals surface area (Å²) >= 11 is 0. The van der Waals surface area contributed by atoms with E-state index < -0.39 is 36.7 Å². The fourth-order valence-corrected chi connectivity index (χ4v) is 1.93. The zero-order valence-electron chi connectivity index (χ0n) is 13.5. The van der Waals surface area contributed by atoms with E-state index in [0.717, 1.165) is 6.07 Å². The normalized spacial score (nSPS) is 12.3. The Hall–Kier alpha value is -2.09. The predicted octanol–water partition coefficient (Wildman–Crippen LogP) is 1.98. The lowest BCUT2D eigenvalue weighted by atomic mass is 10.0. The number of carbonyl (C=O) groups is 2. The molecule has 1 aromatic carbocycles. The van der Waals surface area contributed by atoms with Gasteiger partial charge in [-0.2, -0.15) is 0 Å². The summed E-state index contributed by atoms with van der Waals surface area (Å²) < 4.78 is 42.1. The average molecular weight is 346 g/mol. The van der Waals surface area contributed by atoms with Crippen LogP contribution in [-0.2, 0) is 9.53 Å². The summed E-state index contributed by atoms with van der Waals surface area (Å²) in [6.07, 6.45) is -2.57. The molecule has 0 saturated heterocycles. The Morgan fingerprint density at radius 1 is 1.21 bits per heavy atom. The lowest BCUT2D eigenvalue weighted by Crippen LogP contribution is -2.50. The Labute approximate surface area is 138 Å². The van der Waals surface area contributed by atoms with Gasteiger partial charge in [0.05, 0.1) is 12.2 Å². The van der Waals surface area contributed by atoms with E-state index in [-0.39, 0.29) is 24.6 Å². The number of hydrogen-bond donors (Lipinski definition) is 2. The molecular formula is C16H21F3N2O3. The highest BCUT2D eigenvalue weighted by Crippen LogP contribution is 2.09. The maximum absolute atomic E-state index is 13.6. The number of benzene rings is 1. The van der Waals surface area contributed by atoms with Crippen LogP contribution in [0.4, 0.5) is 13.2 Å². The van der Waals surface area contributed by atoms with E-state index in [1.807, 2.05) is 0 Å². The van der Waals surface area contributed by atoms with Crippen molar-refractivity contribution in [3.05, 3.63) is 35.6 Å². The van der Waals surface area contributed by atoms with Gasteiger partial charge in [-0.05, 0) is 18.1 Å². The molecule has 0 aliphatic rings. The van der Waals surface area contributed by atoms with E-state index in [1.54, 1.807) is 13.8 Å². The molecule has 0 heterocycles. The van der Waals surface area contributed by atoms with Gasteiger partial charge in [0, 0.05) is 6.54 Å². The number of ether oxygens (including phenoxy) is 1. The highest BCUT2D eigenvalue weighted by atomic mass is 19.3. The molecule has 134 valence electrons. The Bertz CT molecular complexity index is 553. The number of amides is 2. The lowest BCUT2D eigenvalue weighted by molar-refractivity contribution is -0.124. The maximum Gasteiger partial charge on any atom is 0.261 e. The first-order valence-corrected chi connectivity index (χ1v) is 7.52. The summed E-state index contributed by atoms with van der Waals surface area (Å²) in [7, 11) is 0. The van der Waals surface area contributed by atoms with Gasteiger partial charge in [0.2, 0.25) is 5.91 Å². The lowest BCUT2D eigenvalue weighted by Gasteiger charge is -2.22. The molecule has 0 aromatic heterocycles. The van der Waals surface area contributed by atoms with E-state index in [4.69, 9.17) is 0 Å². The summed E-state index contributed by atoms with van der Waals surface area (Å²) in [6, 6.07) is 4.56. The first kappa shape index (κ1) is 20.0. The van der Waals surface area contributed by atoms with Crippen molar-refractivity contribution in [1.29, 1.82) is 0 Å². The highest BCUT2D eigenvalue weighted by molar-refractivity contribution is 5.97. The van der Waals surface area contributed by atoms with Crippen LogP contribution in [0.25, 0.3) is 0 Å². The highest BCUT2D eigenvalue weighted by Gasteiger charge is 2.25. The first-order valence-electron chi connectivity index (χ1n) is 7.52. The molecular weight excluding hydrogens is 325 g/mol. The molecule has 2 amide bonds. The SMILES string of the molecule is CC(C)[C@@H](NC(=O)c1ccccc1F)C(=O)NCCOCC(F)F. The second-order valence-electron chi connectivity index (χ2n) is 5.43. The van der Waals surface area contributed by atoms with Gasteiger partial charge < -0.3 is 15.4 Å². The van der Waals surface area contributed by atoms with Crippen molar-refractivity contribution in [2.75, 3.05) is 19.8 Å². The first-order chi connectivity index (χ1) is 11.3. The van der Waals surface area contributed by atoms with Gasteiger partial charge in [-0.15, -0.1) is 0 Å². The van der Waals surface area contributed by atoms with E-state index in [9.17, 15) is 22.8 Å². The molecule has 0 unspecified atom stereocenters. The second kappa shape index (κ2) is 9.92. The third kappa shape index (κ3) is 6.57. The van der Waals surface area contributed by atoms with E-state index >= 15 is 0 Å². The summed E-state index contributed by atoms with van der Waals surface area (Å²) in [5.41, 5.74) is -0.156. The van der Waals surface area contributed by atoms with Gasteiger partial charge in [-0.1, -0.05) is 26.0 Å². The fraction of sp³-hybridized carbons (Fsp3) is 0.500. The molecule has 1 aromatic rings. The van der Waals surface area contributed by atoms with E-state index in [1.165, 1.54) is 18.2 Å². The molecule has 2 N–H and O–H groups in total. The molecule has 0 aliphatic heterocycles. The van der Waals surface area contributed by atoms with Crippen molar-refractivity contribution in [2.45, 2.75) is 26.3 Å². The Balaban J connectivity index is 2.55. The van der Waals surface area contributed by atoms with Gasteiger partial charge in [-0.3, -0.25) is 9.59 Å². The Morgan fingerprint density at radius 3 is 2.46 bits per heavy atom. The van der Waals surface area contributed by atoms with Crippen molar-refractivity contribution in [3.63, 3.8) is 0 Å². The Kier molecular flexibility index (Phi) is 8.25. The number of hydrogen-bond acceptors (Lipinski definition) is 3. The third-order valence-corrected chi connectivity index (χ3v) is 3.14. The fourth-order valence-electron chi connectivity index (χ4n) is 1.93. The van der Waals surface area contributed by atoms with Crippen molar-refractivity contribution >= 4 is 11.8 Å². The Morgan fingerprint density at radius 2 is 1.88 bits per heavy atom. The standard InChI is InChI=1S/C16H21F3N2O3/c1-10(2)14(16(23)20-7-8-24-9-13(18)19)21-15(22)11-5-3-4-6-12(11)17/h3-6,10,13-14H,7-9H2,1-2H3,(H,20,23)(H,21,22)/t14-/m1/s1. The summed E-state index contributed by atoms with van der Waals surface area (Å²) in [5.74, 6) is -2.12. The molecule has 0 fully saturated rings. The van der Waals surface area contributed by atoms with Crippen LogP contribution < -0.4 is 10.6 Å². The van der Waals surface area contributed by atoms with Gasteiger partial charge in [0.15, 0.2) is 0 Å². The summed E-state index contributed by atoms with van der Waals surface area (Å²) in [4.78, 5) is 24.2. The van der Waals surface area contributed by atoms with Crippen LogP contribution >= 0.6 is 0 Å². The van der Waals surface area contributed by atoms with Crippen LogP contribution in [0.2, 0.25) is 0 Å². The van der Waals surface area contributed by atoms with E-state index in [0.29, 0.717) is 0 Å². The number of alkyl halides is 2. The number of halogens is 3. The van der Waals surface area contributed by atoms with Gasteiger partial charge in [0.1, 0.15) is 18.5 Å². The largest absolute Gasteiger partial charge is 0.374 e. The van der Waals surface area contributed by atoms with Crippen LogP contribution in [-0.4, -0.2) is 44.0 Å². The quantitative estimate of drug-likeness (QED) is 0.672. The van der Waals surface area contributed by atoms with Gasteiger partial charge in [0.25, 0.3) is 12.3 Å². The molecule has 0 bridgehead atoms. The minimum atomic E-state index is -2.57. The number of carbonyl (C=O) groups excluding carboxylic acids is 2. The summed E-state index contributed by atoms with van der Waals surface area (Å²) in [5, 5.41) is 4.97. The maximum atomic E-state index is 13.6. The molecule has 8 heteroatoms. The number of nitrogens with one attached hydrogen (secondary N) is 2. The van der Waals surface area contributed by atoms with Crippen LogP contribution in [0.15, 0.2) is 24.3 Å². The summed E-state index contributed by atoms with van der Waals surface area (Å²) in [6.45, 7) is 2.71. The van der Waals surface area contributed by atoms with E-state index in [2.05, 4.69) is 15.4 Å². The van der Waals surface area contributed by atoms with Crippen LogP contribution in [0, 0.1) is 11.7 Å². The average Bonchev–Trinajstić information content (AvgIpc) is 2.51. The van der Waals surface area contributed by atoms with Gasteiger partial charge >= 0.3 is 0 Å². The smallest absolute Gasteiger partial charge is 0.261 e. The molecule has 24 heavy (non-hydrogen) atoms. The molecule has 1 rings (SSSR count).